The molecule has 3 heterocycles. The lowest BCUT2D eigenvalue weighted by atomic mass is 10.2. The lowest BCUT2D eigenvalue weighted by Crippen LogP contribution is -2.25. The molecular formula is C13H12N4S. The zero-order chi connectivity index (χ0) is 12.4. The van der Waals surface area contributed by atoms with Gasteiger partial charge in [0.1, 0.15) is 11.4 Å². The van der Waals surface area contributed by atoms with E-state index in [0.29, 0.717) is 11.6 Å². The van der Waals surface area contributed by atoms with Crippen molar-refractivity contribution in [2.75, 3.05) is 6.54 Å². The number of nitrogens with zero attached hydrogens (tertiary/aromatic N) is 3. The van der Waals surface area contributed by atoms with E-state index >= 15 is 0 Å². The number of rotatable bonds is 1. The Morgan fingerprint density at radius 3 is 3.17 bits per heavy atom. The summed E-state index contributed by atoms with van der Waals surface area (Å²) < 4.78 is 0. The van der Waals surface area contributed by atoms with Gasteiger partial charge < -0.3 is 0 Å². The van der Waals surface area contributed by atoms with Gasteiger partial charge in [-0.25, -0.2) is 0 Å². The Bertz CT molecular complexity index is 541. The van der Waals surface area contributed by atoms with Gasteiger partial charge in [0.2, 0.25) is 0 Å². The van der Waals surface area contributed by atoms with Crippen molar-refractivity contribution in [2.24, 2.45) is 4.99 Å². The van der Waals surface area contributed by atoms with Crippen LogP contribution >= 0.6 is 11.8 Å². The Morgan fingerprint density at radius 2 is 2.39 bits per heavy atom. The van der Waals surface area contributed by atoms with Crippen LogP contribution < -0.4 is 5.32 Å². The minimum atomic E-state index is 0.181. The minimum Gasteiger partial charge on any atom is -0.293 e. The molecule has 18 heavy (non-hydrogen) atoms. The van der Waals surface area contributed by atoms with Crippen molar-refractivity contribution in [3.8, 4) is 6.07 Å². The molecule has 2 unspecified atom stereocenters. The molecule has 1 fully saturated rings. The van der Waals surface area contributed by atoms with E-state index in [-0.39, 0.29) is 5.37 Å². The Hall–Kier alpha value is -1.64. The summed E-state index contributed by atoms with van der Waals surface area (Å²) in [5.74, 6) is 0. The molecule has 1 saturated heterocycles. The van der Waals surface area contributed by atoms with Crippen LogP contribution in [0.3, 0.4) is 0 Å². The van der Waals surface area contributed by atoms with Crippen LogP contribution in [0.5, 0.6) is 0 Å². The molecule has 0 spiro atoms. The molecular weight excluding hydrogens is 244 g/mol. The molecule has 0 bridgehead atoms. The predicted octanol–water partition coefficient (Wildman–Crippen LogP) is 2.02. The normalized spacial score (nSPS) is 26.1. The summed E-state index contributed by atoms with van der Waals surface area (Å²) in [7, 11) is 0. The minimum absolute atomic E-state index is 0.181. The highest BCUT2D eigenvalue weighted by molar-refractivity contribution is 8.03. The second kappa shape index (κ2) is 4.92. The standard InChI is InChI=1S/C13H12N4S/c14-7-9-1-2-11(16-8-9)13-17-10-3-5-15-6-4-12(10)18-13/h1-2,4,6,8,10,13,17H,3,5H2. The van der Waals surface area contributed by atoms with Crippen LogP contribution in [0.1, 0.15) is 23.1 Å². The van der Waals surface area contributed by atoms with E-state index in [1.54, 1.807) is 18.0 Å². The van der Waals surface area contributed by atoms with Gasteiger partial charge in [-0.3, -0.25) is 15.3 Å². The third-order valence-electron chi connectivity index (χ3n) is 3.03. The van der Waals surface area contributed by atoms with E-state index in [1.165, 1.54) is 4.91 Å². The fourth-order valence-corrected chi connectivity index (χ4v) is 3.33. The van der Waals surface area contributed by atoms with Gasteiger partial charge in [-0.1, -0.05) is 0 Å². The number of thioether (sulfide) groups is 1. The first-order valence-corrected chi connectivity index (χ1v) is 6.73. The second-order valence-electron chi connectivity index (χ2n) is 4.21. The molecule has 1 N–H and O–H groups in total. The summed E-state index contributed by atoms with van der Waals surface area (Å²) in [5.41, 5.74) is 1.58. The highest BCUT2D eigenvalue weighted by Gasteiger charge is 2.30. The number of aliphatic imine (C=N–C) groups is 1. The maximum Gasteiger partial charge on any atom is 0.101 e. The molecule has 0 aliphatic carbocycles. The average Bonchev–Trinajstić information content (AvgIpc) is 2.70. The molecule has 1 aromatic rings. The molecule has 0 saturated carbocycles. The number of aromatic nitrogens is 1. The van der Waals surface area contributed by atoms with Gasteiger partial charge in [-0.15, -0.1) is 11.8 Å². The number of nitriles is 1. The maximum atomic E-state index is 8.76. The molecule has 2 aliphatic rings. The van der Waals surface area contributed by atoms with Gasteiger partial charge in [-0.05, 0) is 24.6 Å². The molecule has 5 heteroatoms. The summed E-state index contributed by atoms with van der Waals surface area (Å²) in [6, 6.07) is 6.21. The van der Waals surface area contributed by atoms with Crippen LogP contribution in [0.2, 0.25) is 0 Å². The van der Waals surface area contributed by atoms with E-state index in [9.17, 15) is 0 Å². The third-order valence-corrected chi connectivity index (χ3v) is 4.33. The summed E-state index contributed by atoms with van der Waals surface area (Å²) in [5, 5.41) is 12.5. The fraction of sp³-hybridized carbons (Fsp3) is 0.308. The molecule has 2 aliphatic heterocycles. The summed E-state index contributed by atoms with van der Waals surface area (Å²) in [4.78, 5) is 9.94. The Morgan fingerprint density at radius 1 is 1.44 bits per heavy atom. The smallest absolute Gasteiger partial charge is 0.101 e. The van der Waals surface area contributed by atoms with E-state index in [4.69, 9.17) is 5.26 Å². The molecule has 0 amide bonds. The van der Waals surface area contributed by atoms with Gasteiger partial charge in [-0.2, -0.15) is 5.26 Å². The molecule has 3 rings (SSSR count). The Labute approximate surface area is 110 Å². The SMILES string of the molecule is N#Cc1ccc(C2NC3CCN=CC=C3S2)nc1. The number of hydrogen-bond donors (Lipinski definition) is 1. The zero-order valence-electron chi connectivity index (χ0n) is 9.71. The Kier molecular flexibility index (Phi) is 3.13. The van der Waals surface area contributed by atoms with Gasteiger partial charge in [0.25, 0.3) is 0 Å². The number of pyridine rings is 1. The maximum absolute atomic E-state index is 8.76. The first-order valence-electron chi connectivity index (χ1n) is 5.85. The molecule has 0 radical (unpaired) electrons. The van der Waals surface area contributed by atoms with Gasteiger partial charge in [0.15, 0.2) is 0 Å². The van der Waals surface area contributed by atoms with Gasteiger partial charge in [0, 0.05) is 29.9 Å². The number of nitrogens with one attached hydrogen (secondary N) is 1. The van der Waals surface area contributed by atoms with Crippen molar-refractivity contribution >= 4 is 18.0 Å². The van der Waals surface area contributed by atoms with Crippen LogP contribution in [-0.4, -0.2) is 23.8 Å². The monoisotopic (exact) mass is 256 g/mol. The van der Waals surface area contributed by atoms with E-state index in [1.807, 2.05) is 18.3 Å². The van der Waals surface area contributed by atoms with Crippen LogP contribution in [0, 0.1) is 11.3 Å². The highest BCUT2D eigenvalue weighted by Crippen LogP contribution is 2.41. The van der Waals surface area contributed by atoms with Crippen LogP contribution in [0.15, 0.2) is 34.3 Å². The quantitative estimate of drug-likeness (QED) is 0.835. The van der Waals surface area contributed by atoms with E-state index < -0.39 is 0 Å². The van der Waals surface area contributed by atoms with Crippen LogP contribution in [-0.2, 0) is 0 Å². The number of hydrogen-bond acceptors (Lipinski definition) is 5. The molecule has 90 valence electrons. The number of allylic oxidation sites excluding steroid dienone is 1. The number of fused-ring (bicyclic) bond motifs is 1. The molecule has 0 aromatic carbocycles. The molecule has 4 nitrogen and oxygen atoms in total. The average molecular weight is 256 g/mol. The lowest BCUT2D eigenvalue weighted by Gasteiger charge is -2.11. The third kappa shape index (κ3) is 2.17. The van der Waals surface area contributed by atoms with Crippen molar-refractivity contribution in [3.05, 3.63) is 40.6 Å². The van der Waals surface area contributed by atoms with Crippen molar-refractivity contribution in [1.82, 2.24) is 10.3 Å². The topological polar surface area (TPSA) is 61.1 Å². The van der Waals surface area contributed by atoms with Crippen molar-refractivity contribution in [3.63, 3.8) is 0 Å². The summed E-state index contributed by atoms with van der Waals surface area (Å²) in [6.07, 6.45) is 6.63. The van der Waals surface area contributed by atoms with Crippen molar-refractivity contribution in [1.29, 1.82) is 5.26 Å². The first kappa shape index (κ1) is 11.5. The van der Waals surface area contributed by atoms with Gasteiger partial charge in [0.05, 0.1) is 11.3 Å². The lowest BCUT2D eigenvalue weighted by molar-refractivity contribution is 0.567. The predicted molar refractivity (Wildman–Crippen MR) is 72.3 cm³/mol. The Balaban J connectivity index is 1.80. The van der Waals surface area contributed by atoms with Gasteiger partial charge >= 0.3 is 0 Å². The summed E-state index contributed by atoms with van der Waals surface area (Å²) >= 11 is 1.79. The second-order valence-corrected chi connectivity index (χ2v) is 5.39. The fourth-order valence-electron chi connectivity index (χ4n) is 2.07. The molecule has 2 atom stereocenters. The summed E-state index contributed by atoms with van der Waals surface area (Å²) in [6.45, 7) is 0.867. The van der Waals surface area contributed by atoms with Crippen LogP contribution in [0.25, 0.3) is 0 Å². The van der Waals surface area contributed by atoms with E-state index in [2.05, 4.69) is 27.4 Å². The van der Waals surface area contributed by atoms with Crippen molar-refractivity contribution < 1.29 is 0 Å². The van der Waals surface area contributed by atoms with Crippen LogP contribution in [0.4, 0.5) is 0 Å². The van der Waals surface area contributed by atoms with E-state index in [0.717, 1.165) is 18.7 Å². The molecule has 1 aromatic heterocycles. The zero-order valence-corrected chi connectivity index (χ0v) is 10.5. The largest absolute Gasteiger partial charge is 0.293 e. The van der Waals surface area contributed by atoms with Crippen molar-refractivity contribution in [2.45, 2.75) is 17.8 Å². The highest BCUT2D eigenvalue weighted by atomic mass is 32.2. The first-order chi connectivity index (χ1) is 8.86.